The summed E-state index contributed by atoms with van der Waals surface area (Å²) < 4.78 is 15.3. The lowest BCUT2D eigenvalue weighted by Gasteiger charge is -2.32. The summed E-state index contributed by atoms with van der Waals surface area (Å²) in [5, 5.41) is 3.86. The summed E-state index contributed by atoms with van der Waals surface area (Å²) in [6.45, 7) is 2.69. The van der Waals surface area contributed by atoms with Gasteiger partial charge in [-0.2, -0.15) is 0 Å². The number of aromatic nitrogens is 2. The Morgan fingerprint density at radius 3 is 2.47 bits per heavy atom. The average Bonchev–Trinajstić information content (AvgIpc) is 3.13. The van der Waals surface area contributed by atoms with Crippen LogP contribution in [0.2, 0.25) is 5.02 Å². The summed E-state index contributed by atoms with van der Waals surface area (Å²) in [7, 11) is 0. The zero-order valence-corrected chi connectivity index (χ0v) is 17.8. The van der Waals surface area contributed by atoms with E-state index in [1.165, 1.54) is 17.7 Å². The van der Waals surface area contributed by atoms with Crippen molar-refractivity contribution in [3.05, 3.63) is 81.6 Å². The maximum absolute atomic E-state index is 13.3. The molecule has 0 bridgehead atoms. The SMILES string of the molecule is O=C(NC1CCN(Cc2ccc(Cl)cc2)CC1)c1c[nH]c(=S)n1-c1ccc(F)cc1. The van der Waals surface area contributed by atoms with Gasteiger partial charge in [-0.1, -0.05) is 23.7 Å². The van der Waals surface area contributed by atoms with E-state index in [9.17, 15) is 9.18 Å². The van der Waals surface area contributed by atoms with E-state index in [1.54, 1.807) is 22.9 Å². The van der Waals surface area contributed by atoms with Gasteiger partial charge in [0.15, 0.2) is 4.77 Å². The summed E-state index contributed by atoms with van der Waals surface area (Å²) in [6.07, 6.45) is 3.35. The normalized spacial score (nSPS) is 15.3. The number of nitrogens with zero attached hydrogens (tertiary/aromatic N) is 2. The van der Waals surface area contributed by atoms with E-state index in [1.807, 2.05) is 24.3 Å². The van der Waals surface area contributed by atoms with Crippen molar-refractivity contribution in [1.82, 2.24) is 19.8 Å². The van der Waals surface area contributed by atoms with Gasteiger partial charge in [0.25, 0.3) is 5.91 Å². The molecule has 0 saturated carbocycles. The fourth-order valence-corrected chi connectivity index (χ4v) is 4.11. The number of piperidine rings is 1. The molecule has 3 aromatic rings. The molecule has 0 aliphatic carbocycles. The van der Waals surface area contributed by atoms with Gasteiger partial charge in [0, 0.05) is 42.6 Å². The number of H-pyrrole nitrogens is 1. The molecule has 1 aliphatic rings. The van der Waals surface area contributed by atoms with Gasteiger partial charge in [0.2, 0.25) is 0 Å². The summed E-state index contributed by atoms with van der Waals surface area (Å²) >= 11 is 11.3. The molecular weight excluding hydrogens is 423 g/mol. The number of carbonyl (C=O) groups is 1. The molecule has 8 heteroatoms. The summed E-state index contributed by atoms with van der Waals surface area (Å²) in [4.78, 5) is 18.2. The second-order valence-electron chi connectivity index (χ2n) is 7.44. The molecular formula is C22H22ClFN4OS. The van der Waals surface area contributed by atoms with E-state index in [2.05, 4.69) is 15.2 Å². The first kappa shape index (κ1) is 20.8. The van der Waals surface area contributed by atoms with Crippen LogP contribution in [0.5, 0.6) is 0 Å². The Bertz CT molecular complexity index is 1070. The number of amides is 1. The van der Waals surface area contributed by atoms with Crippen molar-refractivity contribution in [3.8, 4) is 5.69 Å². The van der Waals surface area contributed by atoms with E-state index >= 15 is 0 Å². The largest absolute Gasteiger partial charge is 0.348 e. The van der Waals surface area contributed by atoms with Crippen LogP contribution < -0.4 is 5.32 Å². The number of carbonyl (C=O) groups excluding carboxylic acids is 1. The smallest absolute Gasteiger partial charge is 0.270 e. The van der Waals surface area contributed by atoms with Crippen LogP contribution in [0.1, 0.15) is 28.9 Å². The first-order chi connectivity index (χ1) is 14.5. The van der Waals surface area contributed by atoms with Gasteiger partial charge in [0.05, 0.1) is 0 Å². The summed E-state index contributed by atoms with van der Waals surface area (Å²) in [5.74, 6) is -0.528. The van der Waals surface area contributed by atoms with Crippen LogP contribution >= 0.6 is 23.8 Å². The lowest BCUT2D eigenvalue weighted by molar-refractivity contribution is 0.0902. The lowest BCUT2D eigenvalue weighted by Crippen LogP contribution is -2.44. The predicted molar refractivity (Wildman–Crippen MR) is 118 cm³/mol. The molecule has 0 spiro atoms. The molecule has 0 atom stereocenters. The standard InChI is InChI=1S/C22H22ClFN4OS/c23-16-3-1-15(2-4-16)14-27-11-9-18(10-12-27)26-21(29)20-13-25-22(30)28(20)19-7-5-17(24)6-8-19/h1-8,13,18H,9-12,14H2,(H,25,30)(H,26,29). The molecule has 1 fully saturated rings. The van der Waals surface area contributed by atoms with Crippen LogP contribution in [0, 0.1) is 10.6 Å². The Balaban J connectivity index is 1.37. The topological polar surface area (TPSA) is 53.1 Å². The van der Waals surface area contributed by atoms with E-state index in [0.29, 0.717) is 16.2 Å². The van der Waals surface area contributed by atoms with Gasteiger partial charge in [-0.3, -0.25) is 14.3 Å². The number of benzene rings is 2. The van der Waals surface area contributed by atoms with Crippen molar-refractivity contribution in [3.63, 3.8) is 0 Å². The molecule has 2 aromatic carbocycles. The van der Waals surface area contributed by atoms with Crippen LogP contribution in [-0.2, 0) is 6.54 Å². The van der Waals surface area contributed by atoms with Crippen LogP contribution in [0.15, 0.2) is 54.7 Å². The molecule has 0 radical (unpaired) electrons. The van der Waals surface area contributed by atoms with Crippen molar-refractivity contribution >= 4 is 29.7 Å². The number of likely N-dealkylation sites (tertiary alicyclic amines) is 1. The Morgan fingerprint density at radius 1 is 1.13 bits per heavy atom. The number of aromatic amines is 1. The van der Waals surface area contributed by atoms with Gasteiger partial charge >= 0.3 is 0 Å². The monoisotopic (exact) mass is 444 g/mol. The van der Waals surface area contributed by atoms with E-state index in [4.69, 9.17) is 23.8 Å². The molecule has 1 aliphatic heterocycles. The lowest BCUT2D eigenvalue weighted by atomic mass is 10.0. The highest BCUT2D eigenvalue weighted by Gasteiger charge is 2.23. The average molecular weight is 445 g/mol. The minimum atomic E-state index is -0.336. The first-order valence-electron chi connectivity index (χ1n) is 9.83. The molecule has 30 heavy (non-hydrogen) atoms. The molecule has 2 heterocycles. The Kier molecular flexibility index (Phi) is 6.32. The van der Waals surface area contributed by atoms with Crippen LogP contribution in [-0.4, -0.2) is 39.5 Å². The molecule has 4 rings (SSSR count). The Morgan fingerprint density at radius 2 is 1.80 bits per heavy atom. The molecule has 1 amide bonds. The van der Waals surface area contributed by atoms with Crippen LogP contribution in [0.3, 0.4) is 0 Å². The fourth-order valence-electron chi connectivity index (χ4n) is 3.72. The summed E-state index contributed by atoms with van der Waals surface area (Å²) in [6, 6.07) is 13.9. The third kappa shape index (κ3) is 4.80. The summed E-state index contributed by atoms with van der Waals surface area (Å²) in [5.41, 5.74) is 2.29. The van der Waals surface area contributed by atoms with E-state index in [-0.39, 0.29) is 17.8 Å². The number of hydrogen-bond donors (Lipinski definition) is 2. The van der Waals surface area contributed by atoms with Gasteiger partial charge in [0.1, 0.15) is 11.5 Å². The van der Waals surface area contributed by atoms with Crippen molar-refractivity contribution < 1.29 is 9.18 Å². The fraction of sp³-hybridized carbons (Fsp3) is 0.273. The maximum atomic E-state index is 13.3. The predicted octanol–water partition coefficient (Wildman–Crippen LogP) is 4.72. The Labute approximate surface area is 184 Å². The van der Waals surface area contributed by atoms with Crippen molar-refractivity contribution in [1.29, 1.82) is 0 Å². The molecule has 156 valence electrons. The minimum Gasteiger partial charge on any atom is -0.348 e. The second-order valence-corrected chi connectivity index (χ2v) is 8.26. The van der Waals surface area contributed by atoms with Gasteiger partial charge in [-0.25, -0.2) is 4.39 Å². The third-order valence-electron chi connectivity index (χ3n) is 5.34. The molecule has 5 nitrogen and oxygen atoms in total. The van der Waals surface area contributed by atoms with Gasteiger partial charge in [-0.05, 0) is 67.0 Å². The van der Waals surface area contributed by atoms with Gasteiger partial charge in [-0.15, -0.1) is 0 Å². The molecule has 2 N–H and O–H groups in total. The van der Waals surface area contributed by atoms with Crippen molar-refractivity contribution in [2.75, 3.05) is 13.1 Å². The minimum absolute atomic E-state index is 0.101. The van der Waals surface area contributed by atoms with Gasteiger partial charge < -0.3 is 10.3 Å². The third-order valence-corrected chi connectivity index (χ3v) is 5.89. The quantitative estimate of drug-likeness (QED) is 0.560. The number of hydrogen-bond acceptors (Lipinski definition) is 3. The maximum Gasteiger partial charge on any atom is 0.270 e. The zero-order valence-electron chi connectivity index (χ0n) is 16.3. The Hall–Kier alpha value is -2.48. The zero-order chi connectivity index (χ0) is 21.1. The van der Waals surface area contributed by atoms with Crippen LogP contribution in [0.25, 0.3) is 5.69 Å². The van der Waals surface area contributed by atoms with E-state index in [0.717, 1.165) is 37.5 Å². The highest BCUT2D eigenvalue weighted by atomic mass is 35.5. The number of rotatable bonds is 5. The molecule has 1 aromatic heterocycles. The molecule has 1 saturated heterocycles. The number of nitrogens with one attached hydrogen (secondary N) is 2. The van der Waals surface area contributed by atoms with Crippen LogP contribution in [0.4, 0.5) is 4.39 Å². The van der Waals surface area contributed by atoms with Crippen molar-refractivity contribution in [2.24, 2.45) is 0 Å². The highest BCUT2D eigenvalue weighted by Crippen LogP contribution is 2.18. The highest BCUT2D eigenvalue weighted by molar-refractivity contribution is 7.71. The first-order valence-corrected chi connectivity index (χ1v) is 10.6. The second kappa shape index (κ2) is 9.12. The van der Waals surface area contributed by atoms with Crippen molar-refractivity contribution in [2.45, 2.75) is 25.4 Å². The number of imidazole rings is 1. The number of halogens is 2. The van der Waals surface area contributed by atoms with E-state index < -0.39 is 0 Å². The molecule has 0 unspecified atom stereocenters.